The van der Waals surface area contributed by atoms with Gasteiger partial charge >= 0.3 is 0 Å². The molecule has 1 N–H and O–H groups in total. The monoisotopic (exact) mass is 199 g/mol. The molecule has 1 unspecified atom stereocenters. The van der Waals surface area contributed by atoms with Crippen molar-refractivity contribution < 1.29 is 9.90 Å². The van der Waals surface area contributed by atoms with E-state index in [0.29, 0.717) is 12.8 Å². The van der Waals surface area contributed by atoms with Crippen molar-refractivity contribution in [2.45, 2.75) is 32.3 Å². The Labute approximate surface area is 81.4 Å². The van der Waals surface area contributed by atoms with E-state index in [1.54, 1.807) is 11.7 Å². The Bertz CT molecular complexity index is 259. The minimum absolute atomic E-state index is 0.105. The van der Waals surface area contributed by atoms with Crippen LogP contribution in [-0.2, 0) is 11.2 Å². The molecule has 4 heteroatoms. The van der Waals surface area contributed by atoms with Gasteiger partial charge in [0.2, 0.25) is 0 Å². The fraction of sp³-hybridized carbons (Fsp3) is 0.556. The van der Waals surface area contributed by atoms with E-state index in [0.717, 1.165) is 11.3 Å². The lowest BCUT2D eigenvalue weighted by molar-refractivity contribution is -0.126. The van der Waals surface area contributed by atoms with Crippen molar-refractivity contribution in [3.8, 4) is 0 Å². The van der Waals surface area contributed by atoms with E-state index in [1.807, 2.05) is 6.92 Å². The molecule has 3 nitrogen and oxygen atoms in total. The van der Waals surface area contributed by atoms with Crippen molar-refractivity contribution in [3.05, 3.63) is 16.6 Å². The summed E-state index contributed by atoms with van der Waals surface area (Å²) in [6.45, 7) is 1.95. The van der Waals surface area contributed by atoms with E-state index in [4.69, 9.17) is 0 Å². The first-order chi connectivity index (χ1) is 6.24. The van der Waals surface area contributed by atoms with Gasteiger partial charge in [0.1, 0.15) is 6.10 Å². The second-order valence-electron chi connectivity index (χ2n) is 2.92. The molecular formula is C9H13NO2S. The van der Waals surface area contributed by atoms with Gasteiger partial charge in [-0.3, -0.25) is 9.78 Å². The van der Waals surface area contributed by atoms with Gasteiger partial charge in [0.15, 0.2) is 5.78 Å². The van der Waals surface area contributed by atoms with Crippen molar-refractivity contribution in [1.29, 1.82) is 0 Å². The zero-order valence-corrected chi connectivity index (χ0v) is 8.38. The van der Waals surface area contributed by atoms with Crippen LogP contribution < -0.4 is 0 Å². The van der Waals surface area contributed by atoms with Gasteiger partial charge in [0.25, 0.3) is 0 Å². The van der Waals surface area contributed by atoms with Crippen molar-refractivity contribution >= 4 is 17.1 Å². The Morgan fingerprint density at radius 3 is 3.08 bits per heavy atom. The van der Waals surface area contributed by atoms with Gasteiger partial charge in [0, 0.05) is 17.5 Å². The molecule has 1 aromatic rings. The molecule has 0 spiro atoms. The number of thiazole rings is 1. The molecule has 0 bridgehead atoms. The molecule has 0 amide bonds. The number of hydrogen-bond acceptors (Lipinski definition) is 4. The standard InChI is InChI=1S/C9H13NO2S/c1-2-3-8(11)9(12)4-7-5-10-6-13-7/h5-6,8,11H,2-4H2,1H3. The molecule has 0 saturated heterocycles. The second kappa shape index (κ2) is 5.09. The summed E-state index contributed by atoms with van der Waals surface area (Å²) in [6, 6.07) is 0. The maximum absolute atomic E-state index is 11.3. The average molecular weight is 199 g/mol. The number of rotatable bonds is 5. The van der Waals surface area contributed by atoms with Crippen LogP contribution in [0.1, 0.15) is 24.6 Å². The maximum Gasteiger partial charge on any atom is 0.166 e. The lowest BCUT2D eigenvalue weighted by atomic mass is 10.1. The van der Waals surface area contributed by atoms with Gasteiger partial charge in [-0.2, -0.15) is 0 Å². The first-order valence-electron chi connectivity index (χ1n) is 4.32. The maximum atomic E-state index is 11.3. The van der Waals surface area contributed by atoms with Gasteiger partial charge in [-0.05, 0) is 6.42 Å². The van der Waals surface area contributed by atoms with E-state index >= 15 is 0 Å². The van der Waals surface area contributed by atoms with Crippen LogP contribution >= 0.6 is 11.3 Å². The third kappa shape index (κ3) is 3.24. The van der Waals surface area contributed by atoms with Gasteiger partial charge in [-0.1, -0.05) is 13.3 Å². The molecule has 0 aliphatic heterocycles. The lowest BCUT2D eigenvalue weighted by Gasteiger charge is -2.05. The molecule has 1 atom stereocenters. The first kappa shape index (κ1) is 10.3. The summed E-state index contributed by atoms with van der Waals surface area (Å²) in [5.41, 5.74) is 1.69. The predicted octanol–water partition coefficient (Wildman–Crippen LogP) is 1.42. The molecule has 1 aromatic heterocycles. The predicted molar refractivity (Wildman–Crippen MR) is 51.7 cm³/mol. The number of carbonyl (C=O) groups is 1. The summed E-state index contributed by atoms with van der Waals surface area (Å²) >= 11 is 1.44. The van der Waals surface area contributed by atoms with E-state index in [1.165, 1.54) is 11.3 Å². The van der Waals surface area contributed by atoms with Crippen LogP contribution in [0.4, 0.5) is 0 Å². The molecule has 0 saturated carbocycles. The Morgan fingerprint density at radius 2 is 2.54 bits per heavy atom. The fourth-order valence-corrected chi connectivity index (χ4v) is 1.66. The topological polar surface area (TPSA) is 50.2 Å². The van der Waals surface area contributed by atoms with Crippen LogP contribution in [-0.4, -0.2) is 22.0 Å². The van der Waals surface area contributed by atoms with Crippen LogP contribution in [0.3, 0.4) is 0 Å². The van der Waals surface area contributed by atoms with E-state index in [2.05, 4.69) is 4.98 Å². The third-order valence-corrected chi connectivity index (χ3v) is 2.55. The second-order valence-corrected chi connectivity index (χ2v) is 3.89. The van der Waals surface area contributed by atoms with Gasteiger partial charge in [-0.25, -0.2) is 0 Å². The summed E-state index contributed by atoms with van der Waals surface area (Å²) < 4.78 is 0. The molecule has 1 heterocycles. The number of nitrogens with zero attached hydrogens (tertiary/aromatic N) is 1. The number of hydrogen-bond donors (Lipinski definition) is 1. The lowest BCUT2D eigenvalue weighted by Crippen LogP contribution is -2.21. The Balaban J connectivity index is 2.41. The van der Waals surface area contributed by atoms with E-state index in [9.17, 15) is 9.90 Å². The SMILES string of the molecule is CCCC(O)C(=O)Cc1cncs1. The highest BCUT2D eigenvalue weighted by Gasteiger charge is 2.14. The number of aliphatic hydroxyl groups is 1. The molecule has 0 aliphatic rings. The van der Waals surface area contributed by atoms with Crippen LogP contribution in [0.5, 0.6) is 0 Å². The molecule has 0 fully saturated rings. The Morgan fingerprint density at radius 1 is 1.77 bits per heavy atom. The summed E-state index contributed by atoms with van der Waals surface area (Å²) in [4.78, 5) is 16.1. The Hall–Kier alpha value is -0.740. The molecule has 0 radical (unpaired) electrons. The summed E-state index contributed by atoms with van der Waals surface area (Å²) in [7, 11) is 0. The van der Waals surface area contributed by atoms with Crippen LogP contribution in [0.15, 0.2) is 11.7 Å². The third-order valence-electron chi connectivity index (χ3n) is 1.77. The van der Waals surface area contributed by atoms with Gasteiger partial charge in [0.05, 0.1) is 5.51 Å². The summed E-state index contributed by atoms with van der Waals surface area (Å²) in [5, 5.41) is 9.35. The first-order valence-corrected chi connectivity index (χ1v) is 5.20. The highest BCUT2D eigenvalue weighted by Crippen LogP contribution is 2.09. The normalized spacial score (nSPS) is 12.8. The molecule has 1 rings (SSSR count). The largest absolute Gasteiger partial charge is 0.385 e. The fourth-order valence-electron chi connectivity index (χ4n) is 1.05. The van der Waals surface area contributed by atoms with Crippen LogP contribution in [0, 0.1) is 0 Å². The highest BCUT2D eigenvalue weighted by atomic mass is 32.1. The van der Waals surface area contributed by atoms with E-state index < -0.39 is 6.10 Å². The van der Waals surface area contributed by atoms with Crippen molar-refractivity contribution in [2.24, 2.45) is 0 Å². The van der Waals surface area contributed by atoms with Crippen molar-refractivity contribution in [2.75, 3.05) is 0 Å². The number of aromatic nitrogens is 1. The molecule has 13 heavy (non-hydrogen) atoms. The van der Waals surface area contributed by atoms with Crippen molar-refractivity contribution in [1.82, 2.24) is 4.98 Å². The van der Waals surface area contributed by atoms with Gasteiger partial charge in [-0.15, -0.1) is 11.3 Å². The average Bonchev–Trinajstić information content (AvgIpc) is 2.57. The van der Waals surface area contributed by atoms with Crippen LogP contribution in [0.2, 0.25) is 0 Å². The zero-order valence-electron chi connectivity index (χ0n) is 7.56. The highest BCUT2D eigenvalue weighted by molar-refractivity contribution is 7.09. The number of aliphatic hydroxyl groups excluding tert-OH is 1. The summed E-state index contributed by atoms with van der Waals surface area (Å²) in [6.07, 6.45) is 2.56. The van der Waals surface area contributed by atoms with Crippen molar-refractivity contribution in [3.63, 3.8) is 0 Å². The number of ketones is 1. The molecular weight excluding hydrogens is 186 g/mol. The quantitative estimate of drug-likeness (QED) is 0.780. The smallest absolute Gasteiger partial charge is 0.166 e. The zero-order chi connectivity index (χ0) is 9.68. The number of Topliss-reactive ketones (excluding diaryl/α,β-unsaturated/α-hetero) is 1. The molecule has 0 aliphatic carbocycles. The van der Waals surface area contributed by atoms with Gasteiger partial charge < -0.3 is 5.11 Å². The minimum Gasteiger partial charge on any atom is -0.385 e. The number of carbonyl (C=O) groups excluding carboxylic acids is 1. The minimum atomic E-state index is -0.799. The van der Waals surface area contributed by atoms with Crippen LogP contribution in [0.25, 0.3) is 0 Å². The molecule has 0 aromatic carbocycles. The Kier molecular flexibility index (Phi) is 4.05. The molecule has 72 valence electrons. The van der Waals surface area contributed by atoms with E-state index in [-0.39, 0.29) is 5.78 Å². The summed E-state index contributed by atoms with van der Waals surface area (Å²) in [5.74, 6) is -0.105.